The number of nitrogens with zero attached hydrogens (tertiary/aromatic N) is 5. The molecule has 0 amide bonds. The van der Waals surface area contributed by atoms with Gasteiger partial charge in [0.15, 0.2) is 0 Å². The summed E-state index contributed by atoms with van der Waals surface area (Å²) in [5, 5.41) is 17.1. The number of hydrogen-bond donors (Lipinski definition) is 1. The van der Waals surface area contributed by atoms with Crippen LogP contribution in [0.15, 0.2) is 12.4 Å². The van der Waals surface area contributed by atoms with Crippen LogP contribution in [0.3, 0.4) is 0 Å². The highest BCUT2D eigenvalue weighted by molar-refractivity contribution is 5.68. The summed E-state index contributed by atoms with van der Waals surface area (Å²) < 4.78 is 1.86. The van der Waals surface area contributed by atoms with Crippen molar-refractivity contribution in [3.63, 3.8) is 0 Å². The summed E-state index contributed by atoms with van der Waals surface area (Å²) in [4.78, 5) is 2.66. The number of aromatic nitrogens is 4. The SMILES string of the molecule is c1c(C2CC2)nn2cnnc2c1NC1(CN2CCCC2)CCCCC1. The summed E-state index contributed by atoms with van der Waals surface area (Å²) in [6.45, 7) is 3.68. The van der Waals surface area contributed by atoms with Gasteiger partial charge in [-0.2, -0.15) is 9.61 Å². The van der Waals surface area contributed by atoms with Gasteiger partial charge in [-0.1, -0.05) is 19.3 Å². The normalized spacial score (nSPS) is 24.0. The fourth-order valence-corrected chi connectivity index (χ4v) is 4.72. The van der Waals surface area contributed by atoms with Gasteiger partial charge in [0.05, 0.1) is 16.9 Å². The van der Waals surface area contributed by atoms with Crippen LogP contribution in [0.25, 0.3) is 5.65 Å². The van der Waals surface area contributed by atoms with E-state index >= 15 is 0 Å². The highest BCUT2D eigenvalue weighted by Gasteiger charge is 2.36. The van der Waals surface area contributed by atoms with Gasteiger partial charge in [-0.15, -0.1) is 10.2 Å². The van der Waals surface area contributed by atoms with Crippen molar-refractivity contribution < 1.29 is 0 Å². The van der Waals surface area contributed by atoms with Crippen molar-refractivity contribution in [2.75, 3.05) is 25.0 Å². The molecule has 1 aliphatic heterocycles. The molecule has 0 aromatic carbocycles. The number of rotatable bonds is 5. The minimum absolute atomic E-state index is 0.178. The Morgan fingerprint density at radius 1 is 1.08 bits per heavy atom. The van der Waals surface area contributed by atoms with Crippen LogP contribution in [0.2, 0.25) is 0 Å². The smallest absolute Gasteiger partial charge is 0.200 e. The summed E-state index contributed by atoms with van der Waals surface area (Å²) in [6.07, 6.45) is 13.5. The number of fused-ring (bicyclic) bond motifs is 1. The lowest BCUT2D eigenvalue weighted by atomic mass is 9.81. The van der Waals surface area contributed by atoms with Crippen LogP contribution in [0, 0.1) is 0 Å². The predicted molar refractivity (Wildman–Crippen MR) is 97.9 cm³/mol. The first-order valence-corrected chi connectivity index (χ1v) is 10.0. The Hall–Kier alpha value is -1.69. The van der Waals surface area contributed by atoms with Crippen LogP contribution in [0.5, 0.6) is 0 Å². The number of anilines is 1. The van der Waals surface area contributed by atoms with Gasteiger partial charge < -0.3 is 10.2 Å². The molecule has 2 aromatic rings. The summed E-state index contributed by atoms with van der Waals surface area (Å²) in [7, 11) is 0. The topological polar surface area (TPSA) is 58.4 Å². The average Bonchev–Trinajstić information content (AvgIpc) is 3.14. The van der Waals surface area contributed by atoms with Gasteiger partial charge in [0.25, 0.3) is 0 Å². The fraction of sp³-hybridized carbons (Fsp3) is 0.737. The van der Waals surface area contributed by atoms with Gasteiger partial charge in [0.2, 0.25) is 5.65 Å². The summed E-state index contributed by atoms with van der Waals surface area (Å²) in [5.41, 5.74) is 3.38. The third-order valence-corrected chi connectivity index (χ3v) is 6.22. The van der Waals surface area contributed by atoms with Gasteiger partial charge in [0.1, 0.15) is 6.33 Å². The van der Waals surface area contributed by atoms with Crippen LogP contribution in [0.4, 0.5) is 5.69 Å². The van der Waals surface area contributed by atoms with E-state index in [1.807, 2.05) is 4.52 Å². The van der Waals surface area contributed by atoms with E-state index in [4.69, 9.17) is 5.10 Å². The first-order valence-electron chi connectivity index (χ1n) is 10.0. The van der Waals surface area contributed by atoms with E-state index < -0.39 is 0 Å². The molecule has 0 spiro atoms. The Morgan fingerprint density at radius 2 is 1.88 bits per heavy atom. The zero-order valence-electron chi connectivity index (χ0n) is 15.0. The van der Waals surface area contributed by atoms with Crippen LogP contribution in [-0.4, -0.2) is 49.9 Å². The van der Waals surface area contributed by atoms with Gasteiger partial charge >= 0.3 is 0 Å². The first-order chi connectivity index (χ1) is 12.3. The first kappa shape index (κ1) is 15.6. The lowest BCUT2D eigenvalue weighted by molar-refractivity contribution is 0.215. The van der Waals surface area contributed by atoms with E-state index in [9.17, 15) is 0 Å². The molecule has 2 saturated carbocycles. The van der Waals surface area contributed by atoms with Crippen LogP contribution in [0.1, 0.15) is 69.4 Å². The highest BCUT2D eigenvalue weighted by Crippen LogP contribution is 2.41. The molecule has 0 unspecified atom stereocenters. The minimum atomic E-state index is 0.178. The van der Waals surface area contributed by atoms with Crippen molar-refractivity contribution in [3.05, 3.63) is 18.1 Å². The van der Waals surface area contributed by atoms with E-state index in [-0.39, 0.29) is 5.54 Å². The lowest BCUT2D eigenvalue weighted by Crippen LogP contribution is -2.49. The molecular weight excluding hydrogens is 312 g/mol. The maximum Gasteiger partial charge on any atom is 0.200 e. The standard InChI is InChI=1S/C19H28N6/c1-2-8-19(9-3-1,13-24-10-4-5-11-24)21-17-12-16(15-6-7-15)23-25-14-20-22-18(17)25/h12,14-15,21H,1-11,13H2. The van der Waals surface area contributed by atoms with E-state index in [0.717, 1.165) is 17.9 Å². The second-order valence-electron chi connectivity index (χ2n) is 8.31. The van der Waals surface area contributed by atoms with Crippen molar-refractivity contribution in [3.8, 4) is 0 Å². The predicted octanol–water partition coefficient (Wildman–Crippen LogP) is 3.21. The molecule has 6 nitrogen and oxygen atoms in total. The Kier molecular flexibility index (Phi) is 3.88. The molecule has 3 fully saturated rings. The van der Waals surface area contributed by atoms with E-state index in [1.165, 1.54) is 76.6 Å². The summed E-state index contributed by atoms with van der Waals surface area (Å²) >= 11 is 0. The van der Waals surface area contributed by atoms with Crippen LogP contribution in [-0.2, 0) is 0 Å². The zero-order chi connectivity index (χ0) is 16.7. The van der Waals surface area contributed by atoms with E-state index in [2.05, 4.69) is 26.5 Å². The van der Waals surface area contributed by atoms with E-state index in [1.54, 1.807) is 6.33 Å². The molecular formula is C19H28N6. The molecule has 134 valence electrons. The van der Waals surface area contributed by atoms with Crippen molar-refractivity contribution >= 4 is 11.3 Å². The molecule has 25 heavy (non-hydrogen) atoms. The third kappa shape index (κ3) is 3.12. The molecule has 0 radical (unpaired) electrons. The Labute approximate surface area is 149 Å². The monoisotopic (exact) mass is 340 g/mol. The Balaban J connectivity index is 1.48. The number of nitrogens with one attached hydrogen (secondary N) is 1. The highest BCUT2D eigenvalue weighted by atomic mass is 15.4. The maximum absolute atomic E-state index is 4.72. The Morgan fingerprint density at radius 3 is 2.64 bits per heavy atom. The van der Waals surface area contributed by atoms with E-state index in [0.29, 0.717) is 5.92 Å². The average molecular weight is 340 g/mol. The molecule has 3 heterocycles. The molecule has 1 N–H and O–H groups in total. The maximum atomic E-state index is 4.72. The molecule has 6 heteroatoms. The molecule has 1 saturated heterocycles. The second kappa shape index (κ2) is 6.24. The minimum Gasteiger partial charge on any atom is -0.375 e. The molecule has 2 aromatic heterocycles. The van der Waals surface area contributed by atoms with Crippen molar-refractivity contribution in [1.82, 2.24) is 24.7 Å². The van der Waals surface area contributed by atoms with Gasteiger partial charge in [0, 0.05) is 12.5 Å². The zero-order valence-corrected chi connectivity index (χ0v) is 15.0. The Bertz CT molecular complexity index is 737. The third-order valence-electron chi connectivity index (χ3n) is 6.22. The van der Waals surface area contributed by atoms with Crippen molar-refractivity contribution in [2.45, 2.75) is 69.2 Å². The fourth-order valence-electron chi connectivity index (χ4n) is 4.72. The molecule has 2 aliphatic carbocycles. The van der Waals surface area contributed by atoms with Crippen molar-refractivity contribution in [1.29, 1.82) is 0 Å². The van der Waals surface area contributed by atoms with Crippen molar-refractivity contribution in [2.24, 2.45) is 0 Å². The number of hydrogen-bond acceptors (Lipinski definition) is 5. The molecule has 5 rings (SSSR count). The molecule has 0 atom stereocenters. The summed E-state index contributed by atoms with van der Waals surface area (Å²) in [6, 6.07) is 2.25. The van der Waals surface area contributed by atoms with Gasteiger partial charge in [-0.3, -0.25) is 0 Å². The van der Waals surface area contributed by atoms with Crippen LogP contribution >= 0.6 is 0 Å². The summed E-state index contributed by atoms with van der Waals surface area (Å²) in [5.74, 6) is 0.633. The van der Waals surface area contributed by atoms with Crippen LogP contribution < -0.4 is 5.32 Å². The quantitative estimate of drug-likeness (QED) is 0.906. The second-order valence-corrected chi connectivity index (χ2v) is 8.31. The number of likely N-dealkylation sites (tertiary alicyclic amines) is 1. The molecule has 0 bridgehead atoms. The van der Waals surface area contributed by atoms with Gasteiger partial charge in [-0.05, 0) is 57.7 Å². The largest absolute Gasteiger partial charge is 0.375 e. The molecule has 3 aliphatic rings. The van der Waals surface area contributed by atoms with Gasteiger partial charge in [-0.25, -0.2) is 0 Å². The lowest BCUT2D eigenvalue weighted by Gasteiger charge is -2.41.